The summed E-state index contributed by atoms with van der Waals surface area (Å²) < 4.78 is 0. The van der Waals surface area contributed by atoms with Gasteiger partial charge in [-0.3, -0.25) is 9.69 Å². The van der Waals surface area contributed by atoms with E-state index in [4.69, 9.17) is 0 Å². The van der Waals surface area contributed by atoms with Gasteiger partial charge in [0.15, 0.2) is 0 Å². The summed E-state index contributed by atoms with van der Waals surface area (Å²) in [5, 5.41) is 6.10. The molecule has 1 rings (SSSR count). The van der Waals surface area contributed by atoms with Gasteiger partial charge in [-0.1, -0.05) is 19.9 Å². The van der Waals surface area contributed by atoms with E-state index in [0.717, 1.165) is 24.6 Å². The molecule has 0 spiro atoms. The zero-order valence-electron chi connectivity index (χ0n) is 12.9. The monoisotopic (exact) mass is 278 g/mol. The number of carbonyl (C=O) groups is 1. The van der Waals surface area contributed by atoms with Crippen molar-refractivity contribution in [2.24, 2.45) is 5.92 Å². The summed E-state index contributed by atoms with van der Waals surface area (Å²) in [4.78, 5) is 18.2. The average molecular weight is 278 g/mol. The molecule has 0 bridgehead atoms. The van der Waals surface area contributed by atoms with Crippen LogP contribution in [0.15, 0.2) is 18.2 Å². The lowest BCUT2D eigenvalue weighted by molar-refractivity contribution is -0.122. The largest absolute Gasteiger partial charge is 0.370 e. The number of anilines is 1. The van der Waals surface area contributed by atoms with Crippen LogP contribution in [0.4, 0.5) is 5.82 Å². The first kappa shape index (κ1) is 16.4. The normalized spacial score (nSPS) is 10.9. The number of aromatic nitrogens is 1. The molecule has 0 unspecified atom stereocenters. The maximum Gasteiger partial charge on any atom is 0.234 e. The van der Waals surface area contributed by atoms with Gasteiger partial charge in [0.05, 0.1) is 12.2 Å². The van der Waals surface area contributed by atoms with Gasteiger partial charge in [0, 0.05) is 19.6 Å². The molecule has 112 valence electrons. The maximum atomic E-state index is 11.7. The fourth-order valence-electron chi connectivity index (χ4n) is 1.80. The molecule has 0 aliphatic rings. The van der Waals surface area contributed by atoms with Crippen molar-refractivity contribution in [2.75, 3.05) is 32.0 Å². The van der Waals surface area contributed by atoms with E-state index >= 15 is 0 Å². The van der Waals surface area contributed by atoms with Crippen molar-refractivity contribution in [3.8, 4) is 0 Å². The fourth-order valence-corrected chi connectivity index (χ4v) is 1.80. The Morgan fingerprint density at radius 3 is 2.80 bits per heavy atom. The molecule has 0 aliphatic carbocycles. The van der Waals surface area contributed by atoms with Crippen LogP contribution in [0.2, 0.25) is 0 Å². The van der Waals surface area contributed by atoms with Crippen molar-refractivity contribution in [1.82, 2.24) is 15.2 Å². The van der Waals surface area contributed by atoms with Crippen molar-refractivity contribution >= 4 is 11.7 Å². The molecular formula is C15H26N4O. The van der Waals surface area contributed by atoms with Crippen molar-refractivity contribution in [3.63, 3.8) is 0 Å². The summed E-state index contributed by atoms with van der Waals surface area (Å²) in [5.41, 5.74) is 0.961. The number of rotatable bonds is 8. The first-order valence-electron chi connectivity index (χ1n) is 7.16. The predicted octanol–water partition coefficient (Wildman–Crippen LogP) is 1.72. The standard InChI is InChI=1S/C15H26N4O/c1-5-16-14-8-6-7-13(18-14)10-19(4)11-15(20)17-9-12(2)3/h6-8,12H,5,9-11H2,1-4H3,(H,16,18)(H,17,20). The SMILES string of the molecule is CCNc1cccc(CN(C)CC(=O)NCC(C)C)n1. The zero-order valence-corrected chi connectivity index (χ0v) is 12.9. The number of hydrogen-bond acceptors (Lipinski definition) is 4. The van der Waals surface area contributed by atoms with Crippen LogP contribution in [0.1, 0.15) is 26.5 Å². The molecule has 0 atom stereocenters. The highest BCUT2D eigenvalue weighted by atomic mass is 16.2. The van der Waals surface area contributed by atoms with Crippen molar-refractivity contribution < 1.29 is 4.79 Å². The third kappa shape index (κ3) is 6.52. The van der Waals surface area contributed by atoms with Gasteiger partial charge in [-0.2, -0.15) is 0 Å². The topological polar surface area (TPSA) is 57.3 Å². The van der Waals surface area contributed by atoms with Gasteiger partial charge in [-0.05, 0) is 32.0 Å². The number of hydrogen-bond donors (Lipinski definition) is 2. The highest BCUT2D eigenvalue weighted by molar-refractivity contribution is 5.77. The molecule has 2 N–H and O–H groups in total. The van der Waals surface area contributed by atoms with E-state index in [-0.39, 0.29) is 5.91 Å². The molecule has 1 heterocycles. The average Bonchev–Trinajstić information content (AvgIpc) is 2.37. The lowest BCUT2D eigenvalue weighted by Gasteiger charge is -2.17. The van der Waals surface area contributed by atoms with Gasteiger partial charge in [-0.15, -0.1) is 0 Å². The molecule has 0 saturated heterocycles. The molecule has 20 heavy (non-hydrogen) atoms. The minimum Gasteiger partial charge on any atom is -0.370 e. The Bertz CT molecular complexity index is 420. The third-order valence-electron chi connectivity index (χ3n) is 2.72. The van der Waals surface area contributed by atoms with Gasteiger partial charge < -0.3 is 10.6 Å². The molecular weight excluding hydrogens is 252 g/mol. The molecule has 5 heteroatoms. The number of pyridine rings is 1. The van der Waals surface area contributed by atoms with E-state index in [1.807, 2.05) is 37.1 Å². The second kappa shape index (κ2) is 8.53. The summed E-state index contributed by atoms with van der Waals surface area (Å²) in [5.74, 6) is 1.41. The highest BCUT2D eigenvalue weighted by Gasteiger charge is 2.08. The Balaban J connectivity index is 2.43. The third-order valence-corrected chi connectivity index (χ3v) is 2.72. The summed E-state index contributed by atoms with van der Waals surface area (Å²) in [6, 6.07) is 5.90. The van der Waals surface area contributed by atoms with Crippen LogP contribution in [0.5, 0.6) is 0 Å². The van der Waals surface area contributed by atoms with Gasteiger partial charge in [0.2, 0.25) is 5.91 Å². The van der Waals surface area contributed by atoms with Crippen LogP contribution in [-0.2, 0) is 11.3 Å². The van der Waals surface area contributed by atoms with Crippen LogP contribution in [0, 0.1) is 5.92 Å². The van der Waals surface area contributed by atoms with Crippen molar-refractivity contribution in [2.45, 2.75) is 27.3 Å². The molecule has 0 aliphatic heterocycles. The Morgan fingerprint density at radius 2 is 2.15 bits per heavy atom. The number of likely N-dealkylation sites (N-methyl/N-ethyl adjacent to an activating group) is 1. The van der Waals surface area contributed by atoms with Crippen LogP contribution in [0.3, 0.4) is 0 Å². The molecule has 1 amide bonds. The van der Waals surface area contributed by atoms with Crippen molar-refractivity contribution in [1.29, 1.82) is 0 Å². The number of nitrogens with one attached hydrogen (secondary N) is 2. The number of amides is 1. The molecule has 5 nitrogen and oxygen atoms in total. The molecule has 0 aromatic carbocycles. The zero-order chi connectivity index (χ0) is 15.0. The Morgan fingerprint density at radius 1 is 1.40 bits per heavy atom. The lowest BCUT2D eigenvalue weighted by Crippen LogP contribution is -2.36. The first-order chi connectivity index (χ1) is 9.51. The summed E-state index contributed by atoms with van der Waals surface area (Å²) in [6.07, 6.45) is 0. The molecule has 1 aromatic heterocycles. The van der Waals surface area contributed by atoms with E-state index in [1.165, 1.54) is 0 Å². The predicted molar refractivity (Wildman–Crippen MR) is 82.6 cm³/mol. The second-order valence-electron chi connectivity index (χ2n) is 5.41. The maximum absolute atomic E-state index is 11.7. The minimum atomic E-state index is 0.0593. The Labute approximate surface area is 121 Å². The molecule has 0 radical (unpaired) electrons. The van der Waals surface area contributed by atoms with Crippen molar-refractivity contribution in [3.05, 3.63) is 23.9 Å². The quantitative estimate of drug-likeness (QED) is 0.760. The summed E-state index contributed by atoms with van der Waals surface area (Å²) in [6.45, 7) is 8.83. The fraction of sp³-hybridized carbons (Fsp3) is 0.600. The molecule has 0 fully saturated rings. The first-order valence-corrected chi connectivity index (χ1v) is 7.16. The Kier molecular flexibility index (Phi) is 7.01. The molecule has 0 saturated carbocycles. The minimum absolute atomic E-state index is 0.0593. The van der Waals surface area contributed by atoms with Crippen LogP contribution < -0.4 is 10.6 Å². The second-order valence-corrected chi connectivity index (χ2v) is 5.41. The van der Waals surface area contributed by atoms with E-state index in [0.29, 0.717) is 19.0 Å². The van der Waals surface area contributed by atoms with E-state index in [2.05, 4.69) is 29.5 Å². The van der Waals surface area contributed by atoms with E-state index in [1.54, 1.807) is 0 Å². The molecule has 1 aromatic rings. The van der Waals surface area contributed by atoms with E-state index < -0.39 is 0 Å². The van der Waals surface area contributed by atoms with Gasteiger partial charge in [-0.25, -0.2) is 4.98 Å². The van der Waals surface area contributed by atoms with Crippen LogP contribution >= 0.6 is 0 Å². The van der Waals surface area contributed by atoms with Crippen LogP contribution in [0.25, 0.3) is 0 Å². The van der Waals surface area contributed by atoms with Gasteiger partial charge in [0.25, 0.3) is 0 Å². The highest BCUT2D eigenvalue weighted by Crippen LogP contribution is 2.06. The van der Waals surface area contributed by atoms with Crippen LogP contribution in [-0.4, -0.2) is 42.5 Å². The smallest absolute Gasteiger partial charge is 0.234 e. The van der Waals surface area contributed by atoms with E-state index in [9.17, 15) is 4.79 Å². The number of nitrogens with zero attached hydrogens (tertiary/aromatic N) is 2. The number of carbonyl (C=O) groups excluding carboxylic acids is 1. The van der Waals surface area contributed by atoms with Gasteiger partial charge >= 0.3 is 0 Å². The lowest BCUT2D eigenvalue weighted by atomic mass is 10.2. The summed E-state index contributed by atoms with van der Waals surface area (Å²) >= 11 is 0. The summed E-state index contributed by atoms with van der Waals surface area (Å²) in [7, 11) is 1.93. The Hall–Kier alpha value is -1.62. The van der Waals surface area contributed by atoms with Gasteiger partial charge in [0.1, 0.15) is 5.82 Å².